The van der Waals surface area contributed by atoms with E-state index in [0.29, 0.717) is 17.3 Å². The maximum Gasteiger partial charge on any atom is 0.165 e. The summed E-state index contributed by atoms with van der Waals surface area (Å²) in [5, 5.41) is 6.24. The van der Waals surface area contributed by atoms with Gasteiger partial charge in [0.25, 0.3) is 0 Å². The van der Waals surface area contributed by atoms with Gasteiger partial charge in [-0.1, -0.05) is 0 Å². The normalized spacial score (nSPS) is 10.2. The number of hydrogen-bond donors (Lipinski definition) is 2. The SMILES string of the molecule is CCNc1cc(Nc2ccc(F)c(OC)c2)nc(C)n1. The van der Waals surface area contributed by atoms with Crippen molar-refractivity contribution in [3.8, 4) is 5.75 Å². The average Bonchev–Trinajstić information content (AvgIpc) is 2.40. The molecule has 6 heteroatoms. The summed E-state index contributed by atoms with van der Waals surface area (Å²) in [5.74, 6) is 1.83. The van der Waals surface area contributed by atoms with E-state index in [1.807, 2.05) is 13.8 Å². The van der Waals surface area contributed by atoms with Gasteiger partial charge in [-0.3, -0.25) is 0 Å². The minimum atomic E-state index is -0.398. The van der Waals surface area contributed by atoms with E-state index in [1.165, 1.54) is 13.2 Å². The van der Waals surface area contributed by atoms with Gasteiger partial charge in [0.1, 0.15) is 17.5 Å². The van der Waals surface area contributed by atoms with Crippen molar-refractivity contribution in [2.45, 2.75) is 13.8 Å². The lowest BCUT2D eigenvalue weighted by molar-refractivity contribution is 0.387. The van der Waals surface area contributed by atoms with E-state index in [9.17, 15) is 4.39 Å². The van der Waals surface area contributed by atoms with E-state index in [1.54, 1.807) is 18.2 Å². The van der Waals surface area contributed by atoms with Gasteiger partial charge in [-0.25, -0.2) is 14.4 Å². The lowest BCUT2D eigenvalue weighted by atomic mass is 10.3. The third kappa shape index (κ3) is 3.34. The molecule has 0 amide bonds. The first-order valence-corrected chi connectivity index (χ1v) is 6.32. The van der Waals surface area contributed by atoms with Crippen LogP contribution in [-0.4, -0.2) is 23.6 Å². The van der Waals surface area contributed by atoms with Gasteiger partial charge in [0.15, 0.2) is 11.6 Å². The summed E-state index contributed by atoms with van der Waals surface area (Å²) in [6.07, 6.45) is 0. The molecule has 0 spiro atoms. The van der Waals surface area contributed by atoms with Crippen LogP contribution >= 0.6 is 0 Å². The first-order valence-electron chi connectivity index (χ1n) is 6.32. The molecule has 0 radical (unpaired) electrons. The van der Waals surface area contributed by atoms with Crippen LogP contribution in [0.25, 0.3) is 0 Å². The standard InChI is InChI=1S/C14H17FN4O/c1-4-16-13-8-14(18-9(2)17-13)19-10-5-6-11(15)12(7-10)20-3/h5-8H,4H2,1-3H3,(H2,16,17,18,19). The molecule has 0 atom stereocenters. The van der Waals surface area contributed by atoms with Crippen LogP contribution in [0.3, 0.4) is 0 Å². The molecule has 5 nitrogen and oxygen atoms in total. The van der Waals surface area contributed by atoms with Crippen molar-refractivity contribution in [3.63, 3.8) is 0 Å². The van der Waals surface area contributed by atoms with Crippen LogP contribution in [0.5, 0.6) is 5.75 Å². The first kappa shape index (κ1) is 14.0. The van der Waals surface area contributed by atoms with E-state index >= 15 is 0 Å². The Labute approximate surface area is 117 Å². The molecule has 0 bridgehead atoms. The maximum atomic E-state index is 13.3. The van der Waals surface area contributed by atoms with E-state index < -0.39 is 5.82 Å². The molecule has 0 aliphatic carbocycles. The Morgan fingerprint density at radius 1 is 1.20 bits per heavy atom. The Morgan fingerprint density at radius 3 is 2.65 bits per heavy atom. The molecule has 2 N–H and O–H groups in total. The zero-order valence-corrected chi connectivity index (χ0v) is 11.7. The summed E-state index contributed by atoms with van der Waals surface area (Å²) in [7, 11) is 1.43. The molecule has 0 aliphatic rings. The lowest BCUT2D eigenvalue weighted by Crippen LogP contribution is -2.04. The number of aromatic nitrogens is 2. The van der Waals surface area contributed by atoms with Crippen molar-refractivity contribution in [1.82, 2.24) is 9.97 Å². The van der Waals surface area contributed by atoms with Gasteiger partial charge in [0.05, 0.1) is 7.11 Å². The highest BCUT2D eigenvalue weighted by atomic mass is 19.1. The molecule has 2 rings (SSSR count). The molecule has 20 heavy (non-hydrogen) atoms. The van der Waals surface area contributed by atoms with Crippen molar-refractivity contribution in [1.29, 1.82) is 0 Å². The van der Waals surface area contributed by atoms with Gasteiger partial charge in [-0.15, -0.1) is 0 Å². The Balaban J connectivity index is 2.25. The van der Waals surface area contributed by atoms with Crippen molar-refractivity contribution < 1.29 is 9.13 Å². The van der Waals surface area contributed by atoms with E-state index in [2.05, 4.69) is 20.6 Å². The van der Waals surface area contributed by atoms with Gasteiger partial charge in [-0.05, 0) is 26.0 Å². The second-order valence-corrected chi connectivity index (χ2v) is 4.19. The van der Waals surface area contributed by atoms with Crippen LogP contribution in [0.1, 0.15) is 12.7 Å². The third-order valence-electron chi connectivity index (χ3n) is 2.62. The van der Waals surface area contributed by atoms with Gasteiger partial charge >= 0.3 is 0 Å². The summed E-state index contributed by atoms with van der Waals surface area (Å²) in [6.45, 7) is 4.59. The number of rotatable bonds is 5. The zero-order valence-electron chi connectivity index (χ0n) is 11.7. The molecule has 1 aromatic carbocycles. The number of nitrogens with zero attached hydrogens (tertiary/aromatic N) is 2. The smallest absolute Gasteiger partial charge is 0.165 e. The predicted molar refractivity (Wildman–Crippen MR) is 77.2 cm³/mol. The van der Waals surface area contributed by atoms with Crippen molar-refractivity contribution in [3.05, 3.63) is 35.9 Å². The molecule has 1 aromatic heterocycles. The van der Waals surface area contributed by atoms with E-state index in [4.69, 9.17) is 4.74 Å². The summed E-state index contributed by atoms with van der Waals surface area (Å²) < 4.78 is 18.3. The zero-order chi connectivity index (χ0) is 14.5. The number of nitrogens with one attached hydrogen (secondary N) is 2. The quantitative estimate of drug-likeness (QED) is 0.878. The molecule has 0 saturated heterocycles. The van der Waals surface area contributed by atoms with Gasteiger partial charge in [0.2, 0.25) is 0 Å². The highest BCUT2D eigenvalue weighted by Crippen LogP contribution is 2.24. The van der Waals surface area contributed by atoms with Crippen LogP contribution < -0.4 is 15.4 Å². The molecule has 0 saturated carbocycles. The Morgan fingerprint density at radius 2 is 1.95 bits per heavy atom. The fraction of sp³-hybridized carbons (Fsp3) is 0.286. The predicted octanol–water partition coefficient (Wildman–Crippen LogP) is 3.11. The fourth-order valence-electron chi connectivity index (χ4n) is 1.79. The Kier molecular flexibility index (Phi) is 4.34. The number of hydrogen-bond acceptors (Lipinski definition) is 5. The molecule has 0 aliphatic heterocycles. The minimum Gasteiger partial charge on any atom is -0.494 e. The molecule has 106 valence electrons. The Hall–Kier alpha value is -2.37. The molecular formula is C14H17FN4O. The van der Waals surface area contributed by atoms with Crippen LogP contribution in [0.2, 0.25) is 0 Å². The summed E-state index contributed by atoms with van der Waals surface area (Å²) in [6, 6.07) is 6.36. The maximum absolute atomic E-state index is 13.3. The lowest BCUT2D eigenvalue weighted by Gasteiger charge is -2.10. The third-order valence-corrected chi connectivity index (χ3v) is 2.62. The van der Waals surface area contributed by atoms with Crippen molar-refractivity contribution in [2.75, 3.05) is 24.3 Å². The Bertz CT molecular complexity index is 604. The summed E-state index contributed by atoms with van der Waals surface area (Å²) >= 11 is 0. The number of methoxy groups -OCH3 is 1. The first-order chi connectivity index (χ1) is 9.62. The highest BCUT2D eigenvalue weighted by molar-refractivity contribution is 5.60. The minimum absolute atomic E-state index is 0.188. The second-order valence-electron chi connectivity index (χ2n) is 4.19. The van der Waals surface area contributed by atoms with Crippen LogP contribution in [0, 0.1) is 12.7 Å². The number of ether oxygens (including phenoxy) is 1. The average molecular weight is 276 g/mol. The number of anilines is 3. The van der Waals surface area contributed by atoms with Crippen LogP contribution in [0.15, 0.2) is 24.3 Å². The largest absolute Gasteiger partial charge is 0.494 e. The molecule has 1 heterocycles. The second kappa shape index (κ2) is 6.18. The number of aryl methyl sites for hydroxylation is 1. The summed E-state index contributed by atoms with van der Waals surface area (Å²) in [5.41, 5.74) is 0.698. The van der Waals surface area contributed by atoms with Gasteiger partial charge < -0.3 is 15.4 Å². The van der Waals surface area contributed by atoms with Crippen molar-refractivity contribution >= 4 is 17.3 Å². The fourth-order valence-corrected chi connectivity index (χ4v) is 1.79. The number of benzene rings is 1. The monoisotopic (exact) mass is 276 g/mol. The van der Waals surface area contributed by atoms with Crippen LogP contribution in [0.4, 0.5) is 21.7 Å². The summed E-state index contributed by atoms with van der Waals surface area (Å²) in [4.78, 5) is 8.56. The van der Waals surface area contributed by atoms with Crippen LogP contribution in [-0.2, 0) is 0 Å². The molecule has 2 aromatic rings. The van der Waals surface area contributed by atoms with Gasteiger partial charge in [-0.2, -0.15) is 0 Å². The van der Waals surface area contributed by atoms with Crippen molar-refractivity contribution in [2.24, 2.45) is 0 Å². The van der Waals surface area contributed by atoms with Gasteiger partial charge in [0, 0.05) is 24.4 Å². The topological polar surface area (TPSA) is 59.1 Å². The highest BCUT2D eigenvalue weighted by Gasteiger charge is 2.06. The number of halogens is 1. The molecular weight excluding hydrogens is 259 g/mol. The van der Waals surface area contributed by atoms with E-state index in [0.717, 1.165) is 12.4 Å². The molecule has 0 unspecified atom stereocenters. The van der Waals surface area contributed by atoms with E-state index in [-0.39, 0.29) is 5.75 Å². The molecule has 0 fully saturated rings.